The first kappa shape index (κ1) is 14.2. The summed E-state index contributed by atoms with van der Waals surface area (Å²) in [5, 5.41) is 3.59. The first-order chi connectivity index (χ1) is 8.33. The molecule has 0 aromatic heterocycles. The van der Waals surface area contributed by atoms with Crippen molar-refractivity contribution in [1.29, 1.82) is 0 Å². The van der Waals surface area contributed by atoms with E-state index in [0.29, 0.717) is 6.04 Å². The Balaban J connectivity index is 2.03. The fourth-order valence-corrected chi connectivity index (χ4v) is 2.04. The molecule has 96 valence electrons. The summed E-state index contributed by atoms with van der Waals surface area (Å²) < 4.78 is 0. The standard InChI is InChI=1S/C16H27N/c1-3-4-5-6-8-11-15(2)17-14-16-12-9-7-10-13-16/h7,9-10,12-13,15,17H,3-6,8,11,14H2,1-2H3. The normalized spacial score (nSPS) is 12.6. The number of nitrogens with one attached hydrogen (secondary N) is 1. The molecule has 0 radical (unpaired) electrons. The second-order valence-electron chi connectivity index (χ2n) is 4.97. The quantitative estimate of drug-likeness (QED) is 0.618. The van der Waals surface area contributed by atoms with Crippen LogP contribution in [0.15, 0.2) is 30.3 Å². The van der Waals surface area contributed by atoms with E-state index < -0.39 is 0 Å². The first-order valence-electron chi connectivity index (χ1n) is 7.10. The molecule has 0 bridgehead atoms. The van der Waals surface area contributed by atoms with Crippen molar-refractivity contribution >= 4 is 0 Å². The van der Waals surface area contributed by atoms with Gasteiger partial charge < -0.3 is 5.32 Å². The van der Waals surface area contributed by atoms with E-state index in [1.54, 1.807) is 0 Å². The van der Waals surface area contributed by atoms with Crippen molar-refractivity contribution in [3.63, 3.8) is 0 Å². The monoisotopic (exact) mass is 233 g/mol. The molecule has 1 N–H and O–H groups in total. The van der Waals surface area contributed by atoms with Crippen molar-refractivity contribution in [2.24, 2.45) is 0 Å². The number of rotatable bonds is 9. The first-order valence-corrected chi connectivity index (χ1v) is 7.10. The van der Waals surface area contributed by atoms with Crippen LogP contribution in [0.5, 0.6) is 0 Å². The Kier molecular flexibility index (Phi) is 7.74. The van der Waals surface area contributed by atoms with Crippen LogP contribution in [0.1, 0.15) is 57.9 Å². The van der Waals surface area contributed by atoms with E-state index in [1.165, 1.54) is 44.1 Å². The second kappa shape index (κ2) is 9.23. The van der Waals surface area contributed by atoms with E-state index in [9.17, 15) is 0 Å². The lowest BCUT2D eigenvalue weighted by Gasteiger charge is -2.13. The van der Waals surface area contributed by atoms with E-state index in [2.05, 4.69) is 49.5 Å². The van der Waals surface area contributed by atoms with Crippen LogP contribution in [-0.2, 0) is 6.54 Å². The molecule has 0 fully saturated rings. The summed E-state index contributed by atoms with van der Waals surface area (Å²) in [6.07, 6.45) is 8.19. The highest BCUT2D eigenvalue weighted by atomic mass is 14.9. The van der Waals surface area contributed by atoms with E-state index in [0.717, 1.165) is 6.54 Å². The zero-order valence-corrected chi connectivity index (χ0v) is 11.4. The molecule has 0 aliphatic heterocycles. The summed E-state index contributed by atoms with van der Waals surface area (Å²) in [4.78, 5) is 0. The Morgan fingerprint density at radius 1 is 1.00 bits per heavy atom. The molecule has 0 saturated carbocycles. The van der Waals surface area contributed by atoms with Gasteiger partial charge in [-0.05, 0) is 18.9 Å². The van der Waals surface area contributed by atoms with Crippen molar-refractivity contribution in [3.05, 3.63) is 35.9 Å². The van der Waals surface area contributed by atoms with Gasteiger partial charge in [0.05, 0.1) is 0 Å². The maximum atomic E-state index is 3.59. The van der Waals surface area contributed by atoms with Gasteiger partial charge in [-0.15, -0.1) is 0 Å². The number of hydrogen-bond acceptors (Lipinski definition) is 1. The molecule has 1 unspecified atom stereocenters. The van der Waals surface area contributed by atoms with Crippen LogP contribution in [-0.4, -0.2) is 6.04 Å². The lowest BCUT2D eigenvalue weighted by Crippen LogP contribution is -2.25. The number of benzene rings is 1. The molecule has 0 spiro atoms. The molecule has 1 heteroatoms. The lowest BCUT2D eigenvalue weighted by atomic mass is 10.1. The molecular formula is C16H27N. The zero-order valence-electron chi connectivity index (χ0n) is 11.4. The van der Waals surface area contributed by atoms with E-state index in [4.69, 9.17) is 0 Å². The van der Waals surface area contributed by atoms with Gasteiger partial charge in [-0.25, -0.2) is 0 Å². The fourth-order valence-electron chi connectivity index (χ4n) is 2.04. The zero-order chi connectivity index (χ0) is 12.3. The Hall–Kier alpha value is -0.820. The summed E-state index contributed by atoms with van der Waals surface area (Å²) in [5.41, 5.74) is 1.38. The third-order valence-electron chi connectivity index (χ3n) is 3.24. The second-order valence-corrected chi connectivity index (χ2v) is 4.97. The molecule has 1 aromatic carbocycles. The Morgan fingerprint density at radius 2 is 1.71 bits per heavy atom. The van der Waals surface area contributed by atoms with Crippen LogP contribution in [0.25, 0.3) is 0 Å². The van der Waals surface area contributed by atoms with Gasteiger partial charge >= 0.3 is 0 Å². The average Bonchev–Trinajstić information content (AvgIpc) is 2.37. The van der Waals surface area contributed by atoms with Crippen LogP contribution in [0, 0.1) is 0 Å². The van der Waals surface area contributed by atoms with Gasteiger partial charge in [0, 0.05) is 12.6 Å². The molecule has 1 rings (SSSR count). The minimum absolute atomic E-state index is 0.636. The van der Waals surface area contributed by atoms with Crippen molar-refractivity contribution in [2.75, 3.05) is 0 Å². The van der Waals surface area contributed by atoms with Crippen LogP contribution in [0.4, 0.5) is 0 Å². The van der Waals surface area contributed by atoms with Crippen LogP contribution < -0.4 is 5.32 Å². The Bertz CT molecular complexity index is 268. The molecule has 0 aliphatic rings. The molecular weight excluding hydrogens is 206 g/mol. The summed E-state index contributed by atoms with van der Waals surface area (Å²) >= 11 is 0. The highest BCUT2D eigenvalue weighted by molar-refractivity contribution is 5.14. The van der Waals surface area contributed by atoms with Gasteiger partial charge in [-0.2, -0.15) is 0 Å². The molecule has 1 nitrogen and oxygen atoms in total. The third-order valence-corrected chi connectivity index (χ3v) is 3.24. The topological polar surface area (TPSA) is 12.0 Å². The van der Waals surface area contributed by atoms with Gasteiger partial charge in [-0.3, -0.25) is 0 Å². The van der Waals surface area contributed by atoms with E-state index in [-0.39, 0.29) is 0 Å². The smallest absolute Gasteiger partial charge is 0.0207 e. The van der Waals surface area contributed by atoms with Crippen molar-refractivity contribution < 1.29 is 0 Å². The van der Waals surface area contributed by atoms with Gasteiger partial charge in [0.1, 0.15) is 0 Å². The van der Waals surface area contributed by atoms with Crippen molar-refractivity contribution in [2.45, 2.75) is 65.0 Å². The molecule has 0 aliphatic carbocycles. The van der Waals surface area contributed by atoms with Gasteiger partial charge in [0.2, 0.25) is 0 Å². The third kappa shape index (κ3) is 7.17. The van der Waals surface area contributed by atoms with Crippen molar-refractivity contribution in [1.82, 2.24) is 5.32 Å². The number of unbranched alkanes of at least 4 members (excludes halogenated alkanes) is 4. The maximum absolute atomic E-state index is 3.59. The summed E-state index contributed by atoms with van der Waals surface area (Å²) in [5.74, 6) is 0. The number of hydrogen-bond donors (Lipinski definition) is 1. The molecule has 0 heterocycles. The van der Waals surface area contributed by atoms with Crippen LogP contribution >= 0.6 is 0 Å². The predicted molar refractivity (Wildman–Crippen MR) is 76.1 cm³/mol. The van der Waals surface area contributed by atoms with Gasteiger partial charge in [-0.1, -0.05) is 69.4 Å². The Labute approximate surface area is 107 Å². The van der Waals surface area contributed by atoms with E-state index >= 15 is 0 Å². The molecule has 17 heavy (non-hydrogen) atoms. The average molecular weight is 233 g/mol. The van der Waals surface area contributed by atoms with Gasteiger partial charge in [0.15, 0.2) is 0 Å². The molecule has 1 aromatic rings. The summed E-state index contributed by atoms with van der Waals surface area (Å²) in [6.45, 7) is 5.56. The molecule has 0 amide bonds. The van der Waals surface area contributed by atoms with Crippen molar-refractivity contribution in [3.8, 4) is 0 Å². The highest BCUT2D eigenvalue weighted by Gasteiger charge is 2.00. The SMILES string of the molecule is CCCCCCCC(C)NCc1ccccc1. The molecule has 1 atom stereocenters. The largest absolute Gasteiger partial charge is 0.310 e. The summed E-state index contributed by atoms with van der Waals surface area (Å²) in [6, 6.07) is 11.3. The van der Waals surface area contributed by atoms with E-state index in [1.807, 2.05) is 0 Å². The predicted octanol–water partition coefficient (Wildman–Crippen LogP) is 4.53. The van der Waals surface area contributed by atoms with Gasteiger partial charge in [0.25, 0.3) is 0 Å². The molecule has 0 saturated heterocycles. The Morgan fingerprint density at radius 3 is 2.41 bits per heavy atom. The van der Waals surface area contributed by atoms with Crippen LogP contribution in [0.3, 0.4) is 0 Å². The fraction of sp³-hybridized carbons (Fsp3) is 0.625. The summed E-state index contributed by atoms with van der Waals surface area (Å²) in [7, 11) is 0. The van der Waals surface area contributed by atoms with Crippen LogP contribution in [0.2, 0.25) is 0 Å². The minimum Gasteiger partial charge on any atom is -0.310 e. The lowest BCUT2D eigenvalue weighted by molar-refractivity contribution is 0.480. The maximum Gasteiger partial charge on any atom is 0.0207 e. The highest BCUT2D eigenvalue weighted by Crippen LogP contribution is 2.07. The minimum atomic E-state index is 0.636.